The van der Waals surface area contributed by atoms with E-state index in [1.54, 1.807) is 23.1 Å². The summed E-state index contributed by atoms with van der Waals surface area (Å²) in [6, 6.07) is 13.5. The van der Waals surface area contributed by atoms with Gasteiger partial charge < -0.3 is 35.0 Å². The number of nitrogens with zero attached hydrogens (tertiary/aromatic N) is 2. The Morgan fingerprint density at radius 3 is 2.42 bits per heavy atom. The standard InChI is InChI=1S/C36H54N4O5/c1-26-22-40(27(2)25-41)35(42)32-21-31(38-36(43)37-30-16-9-6-10-17-30)18-19-33(32)45-28(3)13-11-12-20-44-34(26)24-39(4)23-29-14-7-5-8-15-29/h6,9-10,16-19,21,26-29,34,41H,5,7-8,11-15,20,22-25H2,1-4H3,(H2,37,38,43)/t26-,27+,28+,34-/m1/s1. The molecule has 248 valence electrons. The molecule has 1 aliphatic heterocycles. The molecule has 2 aliphatic rings. The highest BCUT2D eigenvalue weighted by Gasteiger charge is 2.31. The molecular weight excluding hydrogens is 568 g/mol. The van der Waals surface area contributed by atoms with E-state index in [-0.39, 0.29) is 30.6 Å². The molecule has 0 bridgehead atoms. The van der Waals surface area contributed by atoms with Crippen LogP contribution in [0.2, 0.25) is 0 Å². The first-order valence-electron chi connectivity index (χ1n) is 16.9. The molecule has 9 heteroatoms. The molecule has 4 rings (SSSR count). The van der Waals surface area contributed by atoms with Crippen molar-refractivity contribution in [2.45, 2.75) is 90.4 Å². The molecule has 1 heterocycles. The third kappa shape index (κ3) is 10.7. The Labute approximate surface area is 269 Å². The third-order valence-corrected chi connectivity index (χ3v) is 9.13. The van der Waals surface area contributed by atoms with Crippen molar-refractivity contribution in [3.63, 3.8) is 0 Å². The maximum absolute atomic E-state index is 14.3. The van der Waals surface area contributed by atoms with Crippen LogP contribution in [0, 0.1) is 11.8 Å². The van der Waals surface area contributed by atoms with Crippen molar-refractivity contribution in [3.05, 3.63) is 54.1 Å². The molecule has 0 aromatic heterocycles. The van der Waals surface area contributed by atoms with Gasteiger partial charge in [-0.3, -0.25) is 4.79 Å². The molecule has 1 saturated carbocycles. The Morgan fingerprint density at radius 1 is 0.978 bits per heavy atom. The SMILES string of the molecule is C[C@@H]1CN([C@@H](C)CO)C(=O)c2cc(NC(=O)Nc3ccccc3)ccc2O[C@@H](C)CCCCO[C@@H]1CN(C)CC1CCCCC1. The number of carbonyl (C=O) groups is 2. The van der Waals surface area contributed by atoms with Gasteiger partial charge in [-0.1, -0.05) is 44.4 Å². The van der Waals surface area contributed by atoms with Crippen LogP contribution in [-0.2, 0) is 4.74 Å². The number of nitrogens with one attached hydrogen (secondary N) is 2. The number of urea groups is 1. The van der Waals surface area contributed by atoms with Gasteiger partial charge >= 0.3 is 6.03 Å². The summed E-state index contributed by atoms with van der Waals surface area (Å²) in [7, 11) is 2.19. The van der Waals surface area contributed by atoms with E-state index in [1.807, 2.05) is 44.2 Å². The molecule has 0 unspecified atom stereocenters. The molecular formula is C36H54N4O5. The molecule has 3 N–H and O–H groups in total. The number of ether oxygens (including phenoxy) is 2. The first-order valence-corrected chi connectivity index (χ1v) is 16.9. The fourth-order valence-corrected chi connectivity index (χ4v) is 6.47. The van der Waals surface area contributed by atoms with Crippen molar-refractivity contribution < 1.29 is 24.2 Å². The summed E-state index contributed by atoms with van der Waals surface area (Å²) in [6.45, 7) is 8.79. The number of benzene rings is 2. The average Bonchev–Trinajstić information content (AvgIpc) is 3.03. The van der Waals surface area contributed by atoms with Gasteiger partial charge in [0.2, 0.25) is 0 Å². The second-order valence-electron chi connectivity index (χ2n) is 13.2. The Balaban J connectivity index is 1.56. The molecule has 0 saturated heterocycles. The van der Waals surface area contributed by atoms with Crippen LogP contribution in [0.5, 0.6) is 5.75 Å². The summed E-state index contributed by atoms with van der Waals surface area (Å²) in [6.07, 6.45) is 9.15. The number of aliphatic hydroxyl groups excluding tert-OH is 1. The second kappa shape index (κ2) is 17.5. The van der Waals surface area contributed by atoms with E-state index in [9.17, 15) is 14.7 Å². The van der Waals surface area contributed by atoms with E-state index in [0.717, 1.165) is 38.3 Å². The molecule has 1 aliphatic carbocycles. The van der Waals surface area contributed by atoms with Crippen molar-refractivity contribution in [2.24, 2.45) is 11.8 Å². The zero-order valence-corrected chi connectivity index (χ0v) is 27.7. The van der Waals surface area contributed by atoms with Crippen LogP contribution in [-0.4, -0.2) is 85.0 Å². The summed E-state index contributed by atoms with van der Waals surface area (Å²) in [5.74, 6) is 0.993. The van der Waals surface area contributed by atoms with Crippen molar-refractivity contribution in [1.82, 2.24) is 9.80 Å². The maximum atomic E-state index is 14.3. The highest BCUT2D eigenvalue weighted by Crippen LogP contribution is 2.29. The minimum absolute atomic E-state index is 0.0287. The lowest BCUT2D eigenvalue weighted by Crippen LogP contribution is -2.47. The molecule has 3 amide bonds. The number of fused-ring (bicyclic) bond motifs is 1. The Kier molecular flexibility index (Phi) is 13.5. The van der Waals surface area contributed by atoms with Gasteiger partial charge in [-0.05, 0) is 89.2 Å². The number of hydrogen-bond donors (Lipinski definition) is 3. The van der Waals surface area contributed by atoms with Crippen molar-refractivity contribution in [2.75, 3.05) is 50.5 Å². The summed E-state index contributed by atoms with van der Waals surface area (Å²) < 4.78 is 12.9. The zero-order chi connectivity index (χ0) is 32.2. The normalized spacial score (nSPS) is 23.0. The Morgan fingerprint density at radius 2 is 1.69 bits per heavy atom. The minimum atomic E-state index is -0.420. The zero-order valence-electron chi connectivity index (χ0n) is 27.7. The third-order valence-electron chi connectivity index (χ3n) is 9.13. The largest absolute Gasteiger partial charge is 0.490 e. The van der Waals surface area contributed by atoms with Crippen LogP contribution in [0.4, 0.5) is 16.2 Å². The summed E-state index contributed by atoms with van der Waals surface area (Å²) >= 11 is 0. The summed E-state index contributed by atoms with van der Waals surface area (Å²) in [4.78, 5) is 31.2. The summed E-state index contributed by atoms with van der Waals surface area (Å²) in [5, 5.41) is 15.9. The van der Waals surface area contributed by atoms with E-state index in [1.165, 1.54) is 32.1 Å². The first kappa shape index (κ1) is 34.7. The number of hydrogen-bond acceptors (Lipinski definition) is 6. The maximum Gasteiger partial charge on any atom is 0.323 e. The van der Waals surface area contributed by atoms with Crippen LogP contribution in [0.15, 0.2) is 48.5 Å². The van der Waals surface area contributed by atoms with Crippen LogP contribution in [0.25, 0.3) is 0 Å². The van der Waals surface area contributed by atoms with Gasteiger partial charge in [0.15, 0.2) is 0 Å². The number of amides is 3. The molecule has 4 atom stereocenters. The number of carbonyl (C=O) groups excluding carboxylic acids is 2. The first-order chi connectivity index (χ1) is 21.7. The predicted molar refractivity (Wildman–Crippen MR) is 180 cm³/mol. The van der Waals surface area contributed by atoms with Crippen LogP contribution in [0.1, 0.15) is 82.5 Å². The smallest absolute Gasteiger partial charge is 0.323 e. The fourth-order valence-electron chi connectivity index (χ4n) is 6.47. The lowest BCUT2D eigenvalue weighted by molar-refractivity contribution is -0.0190. The second-order valence-corrected chi connectivity index (χ2v) is 13.2. The minimum Gasteiger partial charge on any atom is -0.490 e. The number of anilines is 2. The predicted octanol–water partition coefficient (Wildman–Crippen LogP) is 6.64. The molecule has 45 heavy (non-hydrogen) atoms. The Hall–Kier alpha value is -3.14. The van der Waals surface area contributed by atoms with E-state index in [4.69, 9.17) is 9.47 Å². The lowest BCUT2D eigenvalue weighted by Gasteiger charge is -2.36. The molecule has 0 spiro atoms. The molecule has 2 aromatic rings. The van der Waals surface area contributed by atoms with Gasteiger partial charge in [0.05, 0.1) is 30.4 Å². The van der Waals surface area contributed by atoms with E-state index in [2.05, 4.69) is 29.5 Å². The number of likely N-dealkylation sites (N-methyl/N-ethyl adjacent to an activating group) is 1. The highest BCUT2D eigenvalue weighted by molar-refractivity contribution is 6.02. The number of aliphatic hydroxyl groups is 1. The van der Waals surface area contributed by atoms with E-state index >= 15 is 0 Å². The van der Waals surface area contributed by atoms with Crippen LogP contribution < -0.4 is 15.4 Å². The number of rotatable bonds is 8. The van der Waals surface area contributed by atoms with E-state index in [0.29, 0.717) is 35.8 Å². The Bertz CT molecular complexity index is 1210. The average molecular weight is 623 g/mol. The molecule has 1 fully saturated rings. The summed E-state index contributed by atoms with van der Waals surface area (Å²) in [5.41, 5.74) is 1.50. The lowest BCUT2D eigenvalue weighted by atomic mass is 9.89. The van der Waals surface area contributed by atoms with Crippen LogP contribution in [0.3, 0.4) is 0 Å². The van der Waals surface area contributed by atoms with Gasteiger partial charge in [0, 0.05) is 43.5 Å². The van der Waals surface area contributed by atoms with Gasteiger partial charge in [0.1, 0.15) is 5.75 Å². The molecule has 9 nitrogen and oxygen atoms in total. The fraction of sp³-hybridized carbons (Fsp3) is 0.611. The van der Waals surface area contributed by atoms with E-state index < -0.39 is 12.1 Å². The van der Waals surface area contributed by atoms with Gasteiger partial charge in [0.25, 0.3) is 5.91 Å². The van der Waals surface area contributed by atoms with Gasteiger partial charge in [-0.2, -0.15) is 0 Å². The monoisotopic (exact) mass is 622 g/mol. The topological polar surface area (TPSA) is 103 Å². The quantitative estimate of drug-likeness (QED) is 0.305. The highest BCUT2D eigenvalue weighted by atomic mass is 16.5. The number of para-hydroxylation sites is 1. The molecule has 2 aromatic carbocycles. The van der Waals surface area contributed by atoms with Gasteiger partial charge in [-0.25, -0.2) is 4.79 Å². The molecule has 0 radical (unpaired) electrons. The van der Waals surface area contributed by atoms with Crippen molar-refractivity contribution >= 4 is 23.3 Å². The van der Waals surface area contributed by atoms with Crippen molar-refractivity contribution in [1.29, 1.82) is 0 Å². The van der Waals surface area contributed by atoms with Crippen molar-refractivity contribution in [3.8, 4) is 5.75 Å². The van der Waals surface area contributed by atoms with Crippen LogP contribution >= 0.6 is 0 Å². The van der Waals surface area contributed by atoms with Gasteiger partial charge in [-0.15, -0.1) is 0 Å².